The molecular weight excluding hydrogens is 234 g/mol. The first-order valence-electron chi connectivity index (χ1n) is 5.81. The Kier molecular flexibility index (Phi) is 4.30. The minimum atomic E-state index is -0.838. The van der Waals surface area contributed by atoms with E-state index in [0.717, 1.165) is 0 Å². The van der Waals surface area contributed by atoms with E-state index in [2.05, 4.69) is 20.7 Å². The second-order valence-electron chi connectivity index (χ2n) is 4.14. The Hall–Kier alpha value is -2.05. The summed E-state index contributed by atoms with van der Waals surface area (Å²) in [6, 6.07) is 0. The molecule has 0 spiro atoms. The number of aromatic nitrogens is 2. The highest BCUT2D eigenvalue weighted by molar-refractivity contribution is 6.00. The van der Waals surface area contributed by atoms with Gasteiger partial charge in [-0.2, -0.15) is 5.10 Å². The molecule has 0 saturated carbocycles. The van der Waals surface area contributed by atoms with Crippen LogP contribution in [0.2, 0.25) is 0 Å². The number of nitrogens with two attached hydrogens (primary N) is 1. The van der Waals surface area contributed by atoms with Crippen molar-refractivity contribution in [1.82, 2.24) is 15.5 Å². The van der Waals surface area contributed by atoms with E-state index in [1.807, 2.05) is 13.8 Å². The van der Waals surface area contributed by atoms with E-state index in [0.29, 0.717) is 24.1 Å². The van der Waals surface area contributed by atoms with Crippen LogP contribution in [-0.2, 0) is 0 Å². The number of nitrogens with one attached hydrogen (secondary N) is 2. The summed E-state index contributed by atoms with van der Waals surface area (Å²) in [7, 11) is 0. The van der Waals surface area contributed by atoms with Crippen molar-refractivity contribution in [3.8, 4) is 0 Å². The van der Waals surface area contributed by atoms with Gasteiger partial charge in [0.15, 0.2) is 5.84 Å². The molecule has 1 rings (SSSR count). The Bertz CT molecular complexity index is 448. The maximum atomic E-state index is 12.1. The van der Waals surface area contributed by atoms with Gasteiger partial charge in [-0.05, 0) is 19.8 Å². The SMILES string of the molecule is CCC(CC)(NC(=O)c1cn[nH]c1C)C(N)=NO. The first kappa shape index (κ1) is 14.0. The second-order valence-corrected chi connectivity index (χ2v) is 4.14. The predicted octanol–water partition coefficient (Wildman–Crippen LogP) is 0.753. The van der Waals surface area contributed by atoms with Crippen molar-refractivity contribution in [2.45, 2.75) is 39.2 Å². The fraction of sp³-hybridized carbons (Fsp3) is 0.545. The Morgan fingerprint density at radius 3 is 2.61 bits per heavy atom. The van der Waals surface area contributed by atoms with Gasteiger partial charge in [0.05, 0.1) is 11.8 Å². The molecule has 0 aliphatic rings. The molecule has 1 aromatic rings. The first-order chi connectivity index (χ1) is 8.50. The van der Waals surface area contributed by atoms with Crippen LogP contribution < -0.4 is 11.1 Å². The number of aromatic amines is 1. The molecule has 1 amide bonds. The average molecular weight is 253 g/mol. The number of amidine groups is 1. The number of carbonyl (C=O) groups is 1. The molecule has 0 aliphatic carbocycles. The third-order valence-electron chi connectivity index (χ3n) is 3.23. The fourth-order valence-electron chi connectivity index (χ4n) is 1.81. The molecular formula is C11H19N5O2. The number of nitrogens with zero attached hydrogens (tertiary/aromatic N) is 2. The summed E-state index contributed by atoms with van der Waals surface area (Å²) in [4.78, 5) is 12.1. The van der Waals surface area contributed by atoms with E-state index in [9.17, 15) is 4.79 Å². The lowest BCUT2D eigenvalue weighted by Gasteiger charge is -2.31. The van der Waals surface area contributed by atoms with E-state index in [-0.39, 0.29) is 11.7 Å². The van der Waals surface area contributed by atoms with Gasteiger partial charge in [0.1, 0.15) is 5.54 Å². The minimum Gasteiger partial charge on any atom is -0.409 e. The standard InChI is InChI=1S/C11H19N5O2/c1-4-11(5-2,10(12)16-18)14-9(17)8-6-13-15-7(8)3/h6,18H,4-5H2,1-3H3,(H2,12,16)(H,13,15)(H,14,17). The molecule has 7 heteroatoms. The van der Waals surface area contributed by atoms with E-state index >= 15 is 0 Å². The summed E-state index contributed by atoms with van der Waals surface area (Å²) in [6.07, 6.45) is 2.51. The van der Waals surface area contributed by atoms with Gasteiger partial charge in [-0.25, -0.2) is 0 Å². The third-order valence-corrected chi connectivity index (χ3v) is 3.23. The summed E-state index contributed by atoms with van der Waals surface area (Å²) in [6.45, 7) is 5.49. The number of aryl methyl sites for hydroxylation is 1. The van der Waals surface area contributed by atoms with Crippen LogP contribution >= 0.6 is 0 Å². The smallest absolute Gasteiger partial charge is 0.255 e. The quantitative estimate of drug-likeness (QED) is 0.268. The van der Waals surface area contributed by atoms with Crippen molar-refractivity contribution in [2.24, 2.45) is 10.9 Å². The number of carbonyl (C=O) groups excluding carboxylic acids is 1. The van der Waals surface area contributed by atoms with Crippen LogP contribution in [0.25, 0.3) is 0 Å². The van der Waals surface area contributed by atoms with Gasteiger partial charge in [-0.1, -0.05) is 19.0 Å². The number of rotatable bonds is 5. The number of oxime groups is 1. The highest BCUT2D eigenvalue weighted by Crippen LogP contribution is 2.17. The number of hydrogen-bond donors (Lipinski definition) is 4. The van der Waals surface area contributed by atoms with Gasteiger partial charge < -0.3 is 16.3 Å². The third kappa shape index (κ3) is 2.44. The molecule has 1 heterocycles. The maximum Gasteiger partial charge on any atom is 0.255 e. The van der Waals surface area contributed by atoms with Gasteiger partial charge in [-0.3, -0.25) is 9.89 Å². The van der Waals surface area contributed by atoms with Gasteiger partial charge in [0.25, 0.3) is 5.91 Å². The Balaban J connectivity index is 2.99. The van der Waals surface area contributed by atoms with Crippen molar-refractivity contribution in [2.75, 3.05) is 0 Å². The molecule has 7 nitrogen and oxygen atoms in total. The molecule has 5 N–H and O–H groups in total. The molecule has 0 unspecified atom stereocenters. The molecule has 0 aromatic carbocycles. The summed E-state index contributed by atoms with van der Waals surface area (Å²) in [5.41, 5.74) is 5.96. The van der Waals surface area contributed by atoms with Crippen LogP contribution in [0.15, 0.2) is 11.4 Å². The summed E-state index contributed by atoms with van der Waals surface area (Å²) in [5.74, 6) is -0.293. The zero-order chi connectivity index (χ0) is 13.8. The lowest BCUT2D eigenvalue weighted by Crippen LogP contribution is -2.56. The van der Waals surface area contributed by atoms with Crippen molar-refractivity contribution in [3.63, 3.8) is 0 Å². The van der Waals surface area contributed by atoms with E-state index in [1.165, 1.54) is 6.20 Å². The molecule has 0 fully saturated rings. The summed E-state index contributed by atoms with van der Waals surface area (Å²) < 4.78 is 0. The van der Waals surface area contributed by atoms with Crippen LogP contribution in [0.1, 0.15) is 42.7 Å². The van der Waals surface area contributed by atoms with Crippen LogP contribution in [0.3, 0.4) is 0 Å². The number of amides is 1. The van der Waals surface area contributed by atoms with Crippen LogP contribution in [0, 0.1) is 6.92 Å². The Morgan fingerprint density at radius 1 is 1.61 bits per heavy atom. The molecule has 0 aliphatic heterocycles. The van der Waals surface area contributed by atoms with Crippen molar-refractivity contribution in [3.05, 3.63) is 17.5 Å². The van der Waals surface area contributed by atoms with Crippen LogP contribution in [0.4, 0.5) is 0 Å². The van der Waals surface area contributed by atoms with E-state index < -0.39 is 5.54 Å². The monoisotopic (exact) mass is 253 g/mol. The number of H-pyrrole nitrogens is 1. The Morgan fingerprint density at radius 2 is 2.22 bits per heavy atom. The Labute approximate surface area is 105 Å². The molecule has 0 bridgehead atoms. The zero-order valence-corrected chi connectivity index (χ0v) is 10.8. The lowest BCUT2D eigenvalue weighted by molar-refractivity contribution is 0.0917. The normalized spacial score (nSPS) is 12.5. The molecule has 0 atom stereocenters. The highest BCUT2D eigenvalue weighted by Gasteiger charge is 2.34. The molecule has 100 valence electrons. The maximum absolute atomic E-state index is 12.1. The van der Waals surface area contributed by atoms with Crippen LogP contribution in [0.5, 0.6) is 0 Å². The second kappa shape index (κ2) is 5.52. The molecule has 18 heavy (non-hydrogen) atoms. The van der Waals surface area contributed by atoms with Crippen LogP contribution in [-0.4, -0.2) is 32.7 Å². The van der Waals surface area contributed by atoms with Gasteiger partial charge >= 0.3 is 0 Å². The van der Waals surface area contributed by atoms with Crippen molar-refractivity contribution < 1.29 is 10.0 Å². The molecule has 0 radical (unpaired) electrons. The van der Waals surface area contributed by atoms with Gasteiger partial charge in [0, 0.05) is 5.69 Å². The summed E-state index contributed by atoms with van der Waals surface area (Å²) in [5, 5.41) is 21.1. The van der Waals surface area contributed by atoms with Gasteiger partial charge in [-0.15, -0.1) is 0 Å². The topological polar surface area (TPSA) is 116 Å². The van der Waals surface area contributed by atoms with E-state index in [1.54, 1.807) is 6.92 Å². The zero-order valence-electron chi connectivity index (χ0n) is 10.8. The highest BCUT2D eigenvalue weighted by atomic mass is 16.4. The van der Waals surface area contributed by atoms with Crippen molar-refractivity contribution in [1.29, 1.82) is 0 Å². The van der Waals surface area contributed by atoms with Gasteiger partial charge in [0.2, 0.25) is 0 Å². The average Bonchev–Trinajstić information content (AvgIpc) is 2.81. The van der Waals surface area contributed by atoms with Crippen molar-refractivity contribution >= 4 is 11.7 Å². The molecule has 0 saturated heterocycles. The summed E-state index contributed by atoms with van der Waals surface area (Å²) >= 11 is 0. The fourth-order valence-corrected chi connectivity index (χ4v) is 1.81. The van der Waals surface area contributed by atoms with E-state index in [4.69, 9.17) is 10.9 Å². The predicted molar refractivity (Wildman–Crippen MR) is 67.5 cm³/mol. The largest absolute Gasteiger partial charge is 0.409 e. The molecule has 1 aromatic heterocycles. The minimum absolute atomic E-state index is 0.00185. The lowest BCUT2D eigenvalue weighted by atomic mass is 9.91. The first-order valence-corrected chi connectivity index (χ1v) is 5.81. The number of hydrogen-bond acceptors (Lipinski definition) is 4.